The minimum absolute atomic E-state index is 0.137. The number of anilines is 1. The standard InChI is InChI=1S/C16H22N4O2S2/c1-24(21,22)13-12-23-16-18-17-15(19-10-6-3-7-11-19)20(16)14-8-4-2-5-9-14/h2,4-5,8-9H,3,6-7,10-13H2,1H3. The molecule has 1 aromatic heterocycles. The molecule has 1 aliphatic rings. The highest BCUT2D eigenvalue weighted by Gasteiger charge is 2.21. The fourth-order valence-electron chi connectivity index (χ4n) is 2.74. The van der Waals surface area contributed by atoms with Crippen LogP contribution in [0.15, 0.2) is 35.5 Å². The molecule has 0 N–H and O–H groups in total. The van der Waals surface area contributed by atoms with Crippen LogP contribution in [0, 0.1) is 0 Å². The number of benzene rings is 1. The summed E-state index contributed by atoms with van der Waals surface area (Å²) < 4.78 is 24.8. The molecule has 1 fully saturated rings. The van der Waals surface area contributed by atoms with Gasteiger partial charge in [-0.15, -0.1) is 10.2 Å². The smallest absolute Gasteiger partial charge is 0.232 e. The average molecular weight is 367 g/mol. The largest absolute Gasteiger partial charge is 0.341 e. The van der Waals surface area contributed by atoms with Gasteiger partial charge in [0.1, 0.15) is 9.84 Å². The second-order valence-corrected chi connectivity index (χ2v) is 9.30. The van der Waals surface area contributed by atoms with Gasteiger partial charge in [-0.1, -0.05) is 30.0 Å². The second-order valence-electron chi connectivity index (χ2n) is 5.98. The maximum atomic E-state index is 11.4. The van der Waals surface area contributed by atoms with Crippen LogP contribution in [0.2, 0.25) is 0 Å². The van der Waals surface area contributed by atoms with E-state index in [1.807, 2.05) is 34.9 Å². The Balaban J connectivity index is 1.89. The highest BCUT2D eigenvalue weighted by atomic mass is 32.2. The Hall–Kier alpha value is -1.54. The molecule has 0 aliphatic carbocycles. The number of nitrogens with zero attached hydrogens (tertiary/aromatic N) is 4. The van der Waals surface area contributed by atoms with E-state index in [1.165, 1.54) is 24.4 Å². The van der Waals surface area contributed by atoms with E-state index in [4.69, 9.17) is 0 Å². The molecule has 130 valence electrons. The van der Waals surface area contributed by atoms with Crippen molar-refractivity contribution in [1.82, 2.24) is 14.8 Å². The molecule has 0 atom stereocenters. The fraction of sp³-hybridized carbons (Fsp3) is 0.500. The van der Waals surface area contributed by atoms with Crippen LogP contribution in [-0.2, 0) is 9.84 Å². The van der Waals surface area contributed by atoms with Crippen LogP contribution in [0.5, 0.6) is 0 Å². The maximum Gasteiger partial charge on any atom is 0.232 e. The van der Waals surface area contributed by atoms with Crippen molar-refractivity contribution in [3.8, 4) is 5.69 Å². The Bertz CT molecular complexity index is 769. The zero-order valence-corrected chi connectivity index (χ0v) is 15.4. The molecule has 0 saturated carbocycles. The first-order valence-corrected chi connectivity index (χ1v) is 11.2. The molecule has 6 nitrogen and oxygen atoms in total. The summed E-state index contributed by atoms with van der Waals surface area (Å²) in [6.07, 6.45) is 4.84. The number of hydrogen-bond acceptors (Lipinski definition) is 6. The van der Waals surface area contributed by atoms with Gasteiger partial charge in [0.05, 0.1) is 11.4 Å². The highest BCUT2D eigenvalue weighted by Crippen LogP contribution is 2.28. The van der Waals surface area contributed by atoms with Crippen LogP contribution in [-0.4, -0.2) is 54.0 Å². The van der Waals surface area contributed by atoms with Gasteiger partial charge in [-0.3, -0.25) is 4.57 Å². The number of thioether (sulfide) groups is 1. The van der Waals surface area contributed by atoms with Gasteiger partial charge in [-0.2, -0.15) is 0 Å². The lowest BCUT2D eigenvalue weighted by Gasteiger charge is -2.27. The summed E-state index contributed by atoms with van der Waals surface area (Å²) in [5.74, 6) is 1.46. The van der Waals surface area contributed by atoms with Gasteiger partial charge in [-0.05, 0) is 31.4 Å². The Labute approximate surface area is 147 Å². The number of aromatic nitrogens is 3. The predicted molar refractivity (Wildman–Crippen MR) is 97.9 cm³/mol. The number of sulfone groups is 1. The molecule has 0 bridgehead atoms. The number of piperidine rings is 1. The summed E-state index contributed by atoms with van der Waals surface area (Å²) in [5, 5.41) is 9.47. The van der Waals surface area contributed by atoms with Gasteiger partial charge < -0.3 is 4.90 Å². The molecule has 0 amide bonds. The molecular formula is C16H22N4O2S2. The van der Waals surface area contributed by atoms with E-state index in [2.05, 4.69) is 15.1 Å². The minimum atomic E-state index is -2.97. The monoisotopic (exact) mass is 366 g/mol. The van der Waals surface area contributed by atoms with Gasteiger partial charge in [0.15, 0.2) is 5.16 Å². The fourth-order valence-corrected chi connectivity index (χ4v) is 4.88. The summed E-state index contributed by atoms with van der Waals surface area (Å²) in [6.45, 7) is 1.97. The Morgan fingerprint density at radius 2 is 1.79 bits per heavy atom. The summed E-state index contributed by atoms with van der Waals surface area (Å²) in [6, 6.07) is 10.0. The van der Waals surface area contributed by atoms with E-state index >= 15 is 0 Å². The van der Waals surface area contributed by atoms with E-state index in [1.54, 1.807) is 0 Å². The van der Waals surface area contributed by atoms with Crippen molar-refractivity contribution in [2.24, 2.45) is 0 Å². The van der Waals surface area contributed by atoms with E-state index in [0.717, 1.165) is 42.7 Å². The Morgan fingerprint density at radius 1 is 1.08 bits per heavy atom. The molecular weight excluding hydrogens is 344 g/mol. The molecule has 0 unspecified atom stereocenters. The van der Waals surface area contributed by atoms with Crippen LogP contribution < -0.4 is 4.90 Å². The maximum absolute atomic E-state index is 11.4. The predicted octanol–water partition coefficient (Wildman–Crippen LogP) is 2.39. The molecule has 3 rings (SSSR count). The number of para-hydroxylation sites is 1. The van der Waals surface area contributed by atoms with Crippen molar-refractivity contribution in [2.45, 2.75) is 24.4 Å². The number of hydrogen-bond donors (Lipinski definition) is 0. The SMILES string of the molecule is CS(=O)(=O)CCSc1nnc(N2CCCCC2)n1-c1ccccc1. The molecule has 24 heavy (non-hydrogen) atoms. The zero-order valence-electron chi connectivity index (χ0n) is 13.8. The van der Waals surface area contributed by atoms with Gasteiger partial charge in [0.2, 0.25) is 5.95 Å². The van der Waals surface area contributed by atoms with Crippen molar-refractivity contribution in [3.63, 3.8) is 0 Å². The molecule has 0 radical (unpaired) electrons. The third kappa shape index (κ3) is 4.30. The highest BCUT2D eigenvalue weighted by molar-refractivity contribution is 8.00. The Kier molecular flexibility index (Phi) is 5.45. The summed E-state index contributed by atoms with van der Waals surface area (Å²) in [5.41, 5.74) is 1.00. The van der Waals surface area contributed by atoms with Gasteiger partial charge in [-0.25, -0.2) is 8.42 Å². The van der Waals surface area contributed by atoms with Crippen molar-refractivity contribution >= 4 is 27.5 Å². The third-order valence-corrected chi connectivity index (χ3v) is 6.09. The summed E-state index contributed by atoms with van der Waals surface area (Å²) in [4.78, 5) is 2.27. The van der Waals surface area contributed by atoms with Crippen molar-refractivity contribution in [3.05, 3.63) is 30.3 Å². The van der Waals surface area contributed by atoms with Crippen LogP contribution in [0.3, 0.4) is 0 Å². The summed E-state index contributed by atoms with van der Waals surface area (Å²) >= 11 is 1.44. The molecule has 2 aromatic rings. The van der Waals surface area contributed by atoms with Gasteiger partial charge >= 0.3 is 0 Å². The first-order valence-electron chi connectivity index (χ1n) is 8.11. The Morgan fingerprint density at radius 3 is 2.46 bits per heavy atom. The van der Waals surface area contributed by atoms with Crippen LogP contribution in [0.4, 0.5) is 5.95 Å². The zero-order chi connectivity index (χ0) is 17.0. The molecule has 1 saturated heterocycles. The lowest BCUT2D eigenvalue weighted by Crippen LogP contribution is -2.31. The van der Waals surface area contributed by atoms with Crippen LogP contribution >= 0.6 is 11.8 Å². The van der Waals surface area contributed by atoms with E-state index in [9.17, 15) is 8.42 Å². The molecule has 0 spiro atoms. The molecule has 2 heterocycles. The molecule has 1 aromatic carbocycles. The van der Waals surface area contributed by atoms with Crippen molar-refractivity contribution < 1.29 is 8.42 Å². The quantitative estimate of drug-likeness (QED) is 0.731. The minimum Gasteiger partial charge on any atom is -0.341 e. The summed E-state index contributed by atoms with van der Waals surface area (Å²) in [7, 11) is -2.97. The van der Waals surface area contributed by atoms with Crippen LogP contribution in [0.25, 0.3) is 5.69 Å². The van der Waals surface area contributed by atoms with Gasteiger partial charge in [0, 0.05) is 25.1 Å². The molecule has 8 heteroatoms. The van der Waals surface area contributed by atoms with Crippen molar-refractivity contribution in [2.75, 3.05) is 35.8 Å². The first-order chi connectivity index (χ1) is 11.5. The van der Waals surface area contributed by atoms with Crippen LogP contribution in [0.1, 0.15) is 19.3 Å². The topological polar surface area (TPSA) is 68.1 Å². The molecule has 1 aliphatic heterocycles. The normalized spacial score (nSPS) is 15.6. The van der Waals surface area contributed by atoms with E-state index in [0.29, 0.717) is 5.75 Å². The lowest BCUT2D eigenvalue weighted by atomic mass is 10.1. The lowest BCUT2D eigenvalue weighted by molar-refractivity contribution is 0.564. The van der Waals surface area contributed by atoms with Crippen molar-refractivity contribution in [1.29, 1.82) is 0 Å². The number of rotatable bonds is 6. The second kappa shape index (κ2) is 7.57. The van der Waals surface area contributed by atoms with E-state index < -0.39 is 9.84 Å². The third-order valence-electron chi connectivity index (χ3n) is 3.95. The average Bonchev–Trinajstić information content (AvgIpc) is 2.99. The van der Waals surface area contributed by atoms with E-state index in [-0.39, 0.29) is 5.75 Å². The first kappa shape index (κ1) is 17.3. The van der Waals surface area contributed by atoms with Gasteiger partial charge in [0.25, 0.3) is 0 Å².